The van der Waals surface area contributed by atoms with Crippen LogP contribution in [0.4, 0.5) is 13.2 Å². The number of hydrogen-bond acceptors (Lipinski definition) is 3. The van der Waals surface area contributed by atoms with Gasteiger partial charge in [-0.05, 0) is 37.6 Å². The van der Waals surface area contributed by atoms with Crippen LogP contribution < -0.4 is 10.1 Å². The van der Waals surface area contributed by atoms with Crippen molar-refractivity contribution in [3.8, 4) is 5.75 Å². The fourth-order valence-electron chi connectivity index (χ4n) is 3.07. The molecule has 8 heteroatoms. The van der Waals surface area contributed by atoms with Crippen LogP contribution in [0.1, 0.15) is 54.1 Å². The number of hydrogen-bond donors (Lipinski definition) is 1. The first-order valence-electron chi connectivity index (χ1n) is 9.34. The first-order valence-corrected chi connectivity index (χ1v) is 9.72. The van der Waals surface area contributed by atoms with Crippen LogP contribution in [0, 0.1) is 0 Å². The molecule has 2 aromatic rings. The summed E-state index contributed by atoms with van der Waals surface area (Å²) in [5, 5.41) is 2.97. The first kappa shape index (κ1) is 23.7. The summed E-state index contributed by atoms with van der Waals surface area (Å²) < 4.78 is 44.2. The molecule has 2 aromatic carbocycles. The Morgan fingerprint density at radius 1 is 1.07 bits per heavy atom. The lowest BCUT2D eigenvalue weighted by Crippen LogP contribution is -2.32. The number of halogens is 4. The highest BCUT2D eigenvalue weighted by molar-refractivity contribution is 6.32. The van der Waals surface area contributed by atoms with Crippen LogP contribution in [0.15, 0.2) is 42.5 Å². The lowest BCUT2D eigenvalue weighted by Gasteiger charge is -2.20. The van der Waals surface area contributed by atoms with Gasteiger partial charge in [0.1, 0.15) is 5.75 Å². The van der Waals surface area contributed by atoms with Gasteiger partial charge in [-0.15, -0.1) is 0 Å². The maximum absolute atomic E-state index is 13.0. The van der Waals surface area contributed by atoms with Gasteiger partial charge >= 0.3 is 6.18 Å². The standard InChI is InChI=1S/C22H23ClF3NO3/c1-13(2)27-20(28)11-17(12-22(24,25)26)14-4-6-15(7-5-14)21(29)16-8-9-18(23)19(10-16)30-3/h4-10,13,17H,11-12H2,1-3H3,(H,27,28). The topological polar surface area (TPSA) is 55.4 Å². The monoisotopic (exact) mass is 441 g/mol. The molecule has 0 bridgehead atoms. The molecule has 0 spiro atoms. The molecule has 0 aliphatic rings. The molecular formula is C22H23ClF3NO3. The summed E-state index contributed by atoms with van der Waals surface area (Å²) >= 11 is 5.97. The second-order valence-corrected chi connectivity index (χ2v) is 7.65. The summed E-state index contributed by atoms with van der Waals surface area (Å²) in [4.78, 5) is 24.7. The fourth-order valence-corrected chi connectivity index (χ4v) is 3.26. The van der Waals surface area contributed by atoms with Crippen molar-refractivity contribution in [1.29, 1.82) is 0 Å². The summed E-state index contributed by atoms with van der Waals surface area (Å²) in [5.41, 5.74) is 0.990. The lowest BCUT2D eigenvalue weighted by molar-refractivity contribution is -0.141. The number of carbonyl (C=O) groups excluding carboxylic acids is 2. The number of carbonyl (C=O) groups is 2. The molecule has 0 aliphatic heterocycles. The van der Waals surface area contributed by atoms with E-state index in [0.29, 0.717) is 27.5 Å². The number of rotatable bonds is 8. The smallest absolute Gasteiger partial charge is 0.389 e. The number of ketones is 1. The third-order valence-corrected chi connectivity index (χ3v) is 4.73. The zero-order valence-corrected chi connectivity index (χ0v) is 17.6. The Bertz CT molecular complexity index is 895. The second kappa shape index (κ2) is 9.98. The highest BCUT2D eigenvalue weighted by Crippen LogP contribution is 2.34. The maximum atomic E-state index is 13.0. The van der Waals surface area contributed by atoms with E-state index < -0.39 is 24.4 Å². The third kappa shape index (κ3) is 6.76. The number of nitrogens with one attached hydrogen (secondary N) is 1. The van der Waals surface area contributed by atoms with Crippen LogP contribution in [0.2, 0.25) is 5.02 Å². The van der Waals surface area contributed by atoms with Gasteiger partial charge in [0.25, 0.3) is 0 Å². The van der Waals surface area contributed by atoms with Crippen molar-refractivity contribution < 1.29 is 27.5 Å². The van der Waals surface area contributed by atoms with E-state index in [4.69, 9.17) is 16.3 Å². The second-order valence-electron chi connectivity index (χ2n) is 7.24. The SMILES string of the molecule is COc1cc(C(=O)c2ccc(C(CC(=O)NC(C)C)CC(F)(F)F)cc2)ccc1Cl. The number of alkyl halides is 3. The molecule has 2 rings (SSSR count). The third-order valence-electron chi connectivity index (χ3n) is 4.42. The highest BCUT2D eigenvalue weighted by Gasteiger charge is 2.33. The van der Waals surface area contributed by atoms with Crippen molar-refractivity contribution in [3.63, 3.8) is 0 Å². The van der Waals surface area contributed by atoms with E-state index in [2.05, 4.69) is 5.32 Å². The number of benzene rings is 2. The average Bonchev–Trinajstić information content (AvgIpc) is 2.65. The molecule has 0 fully saturated rings. The Balaban J connectivity index is 2.24. The Labute approximate surface area is 178 Å². The minimum atomic E-state index is -4.42. The van der Waals surface area contributed by atoms with Gasteiger partial charge in [-0.3, -0.25) is 9.59 Å². The quantitative estimate of drug-likeness (QED) is 0.548. The minimum absolute atomic E-state index is 0.166. The molecule has 1 unspecified atom stereocenters. The molecule has 0 heterocycles. The van der Waals surface area contributed by atoms with Crippen LogP contribution in [0.25, 0.3) is 0 Å². The normalized spacial score (nSPS) is 12.5. The Hall–Kier alpha value is -2.54. The lowest BCUT2D eigenvalue weighted by atomic mass is 9.90. The molecule has 0 saturated heterocycles. The molecule has 0 saturated carbocycles. The zero-order valence-electron chi connectivity index (χ0n) is 16.8. The molecular weight excluding hydrogens is 419 g/mol. The molecule has 4 nitrogen and oxygen atoms in total. The van der Waals surface area contributed by atoms with Crippen molar-refractivity contribution in [3.05, 3.63) is 64.2 Å². The molecule has 30 heavy (non-hydrogen) atoms. The van der Waals surface area contributed by atoms with E-state index >= 15 is 0 Å². The molecule has 1 amide bonds. The largest absolute Gasteiger partial charge is 0.495 e. The number of methoxy groups -OCH3 is 1. The van der Waals surface area contributed by atoms with Crippen molar-refractivity contribution in [2.45, 2.75) is 44.8 Å². The molecule has 1 atom stereocenters. The van der Waals surface area contributed by atoms with Crippen LogP contribution in [-0.4, -0.2) is 31.0 Å². The van der Waals surface area contributed by atoms with Gasteiger partial charge < -0.3 is 10.1 Å². The van der Waals surface area contributed by atoms with Crippen LogP contribution in [0.3, 0.4) is 0 Å². The van der Waals surface area contributed by atoms with Crippen LogP contribution >= 0.6 is 11.6 Å². The van der Waals surface area contributed by atoms with Crippen molar-refractivity contribution in [2.24, 2.45) is 0 Å². The van der Waals surface area contributed by atoms with Gasteiger partial charge in [0, 0.05) is 29.5 Å². The van der Waals surface area contributed by atoms with Crippen LogP contribution in [-0.2, 0) is 4.79 Å². The van der Waals surface area contributed by atoms with Gasteiger partial charge in [-0.1, -0.05) is 35.9 Å². The van der Waals surface area contributed by atoms with E-state index in [1.54, 1.807) is 19.9 Å². The fraction of sp³-hybridized carbons (Fsp3) is 0.364. The Morgan fingerprint density at radius 2 is 1.67 bits per heavy atom. The number of ether oxygens (including phenoxy) is 1. The van der Waals surface area contributed by atoms with Crippen molar-refractivity contribution in [1.82, 2.24) is 5.32 Å². The molecule has 1 N–H and O–H groups in total. The minimum Gasteiger partial charge on any atom is -0.495 e. The number of amides is 1. The summed E-state index contributed by atoms with van der Waals surface area (Å²) in [6, 6.07) is 10.3. The summed E-state index contributed by atoms with van der Waals surface area (Å²) in [7, 11) is 1.43. The highest BCUT2D eigenvalue weighted by atomic mass is 35.5. The molecule has 0 radical (unpaired) electrons. The Morgan fingerprint density at radius 3 is 2.20 bits per heavy atom. The van der Waals surface area contributed by atoms with Gasteiger partial charge in [0.05, 0.1) is 18.6 Å². The maximum Gasteiger partial charge on any atom is 0.389 e. The summed E-state index contributed by atoms with van der Waals surface area (Å²) in [5.74, 6) is -1.46. The van der Waals surface area contributed by atoms with E-state index in [1.807, 2.05) is 0 Å². The average molecular weight is 442 g/mol. The van der Waals surface area contributed by atoms with Crippen molar-refractivity contribution >= 4 is 23.3 Å². The van der Waals surface area contributed by atoms with E-state index in [1.165, 1.54) is 43.5 Å². The predicted octanol–water partition coefficient (Wildman–Crippen LogP) is 5.53. The molecule has 0 aromatic heterocycles. The first-order chi connectivity index (χ1) is 14.0. The van der Waals surface area contributed by atoms with Crippen LogP contribution in [0.5, 0.6) is 5.75 Å². The van der Waals surface area contributed by atoms with Gasteiger partial charge in [0.15, 0.2) is 5.78 Å². The Kier molecular flexibility index (Phi) is 7.89. The van der Waals surface area contributed by atoms with E-state index in [0.717, 1.165) is 0 Å². The zero-order chi connectivity index (χ0) is 22.5. The van der Waals surface area contributed by atoms with Crippen molar-refractivity contribution in [2.75, 3.05) is 7.11 Å². The molecule has 162 valence electrons. The summed E-state index contributed by atoms with van der Waals surface area (Å²) in [6.45, 7) is 3.48. The van der Waals surface area contributed by atoms with Gasteiger partial charge in [-0.25, -0.2) is 0 Å². The van der Waals surface area contributed by atoms with E-state index in [9.17, 15) is 22.8 Å². The van der Waals surface area contributed by atoms with Gasteiger partial charge in [0.2, 0.25) is 5.91 Å². The molecule has 0 aliphatic carbocycles. The van der Waals surface area contributed by atoms with Gasteiger partial charge in [-0.2, -0.15) is 13.2 Å². The predicted molar refractivity (Wildman–Crippen MR) is 109 cm³/mol. The summed E-state index contributed by atoms with van der Waals surface area (Å²) in [6.07, 6.45) is -5.84. The van der Waals surface area contributed by atoms with E-state index in [-0.39, 0.29) is 18.2 Å².